The minimum atomic E-state index is 0.164. The second kappa shape index (κ2) is 4.89. The van der Waals surface area contributed by atoms with Crippen molar-refractivity contribution in [1.29, 1.82) is 0 Å². The lowest BCUT2D eigenvalue weighted by molar-refractivity contribution is 1.15. The summed E-state index contributed by atoms with van der Waals surface area (Å²) in [5.41, 5.74) is 11.4. The molecular weight excluding hydrogens is 228 g/mol. The first-order valence-corrected chi connectivity index (χ1v) is 5.54. The van der Waals surface area contributed by atoms with E-state index >= 15 is 0 Å². The van der Waals surface area contributed by atoms with Gasteiger partial charge in [0.2, 0.25) is 5.95 Å². The fourth-order valence-electron chi connectivity index (χ4n) is 1.57. The summed E-state index contributed by atoms with van der Waals surface area (Å²) in [5, 5.41) is 3.16. The highest BCUT2D eigenvalue weighted by atomic mass is 15.3. The quantitative estimate of drug-likeness (QED) is 0.484. The molecule has 6 N–H and O–H groups in total. The van der Waals surface area contributed by atoms with Crippen molar-refractivity contribution in [3.8, 4) is 0 Å². The summed E-state index contributed by atoms with van der Waals surface area (Å²) in [4.78, 5) is 8.01. The smallest absolute Gasteiger partial charge is 0.223 e. The minimum absolute atomic E-state index is 0.164. The Bertz CT molecular complexity index is 566. The monoisotopic (exact) mass is 244 g/mol. The van der Waals surface area contributed by atoms with E-state index < -0.39 is 0 Å². The number of benzene rings is 1. The molecule has 94 valence electrons. The topological polar surface area (TPSA) is 102 Å². The maximum atomic E-state index is 5.58. The van der Waals surface area contributed by atoms with Crippen LogP contribution in [0.4, 0.5) is 23.3 Å². The first-order chi connectivity index (χ1) is 8.58. The van der Waals surface area contributed by atoms with Crippen LogP contribution >= 0.6 is 0 Å². The lowest BCUT2D eigenvalue weighted by Gasteiger charge is -2.09. The van der Waals surface area contributed by atoms with Crippen LogP contribution in [0.1, 0.15) is 11.1 Å². The molecule has 1 heterocycles. The summed E-state index contributed by atoms with van der Waals surface area (Å²) >= 11 is 0. The molecule has 0 unspecified atom stereocenters. The second-order valence-electron chi connectivity index (χ2n) is 4.06. The molecule has 0 aliphatic rings. The Morgan fingerprint density at radius 2 is 1.72 bits per heavy atom. The van der Waals surface area contributed by atoms with E-state index in [1.54, 1.807) is 6.07 Å². The predicted molar refractivity (Wildman–Crippen MR) is 73.5 cm³/mol. The number of hydrogen-bond acceptors (Lipinski definition) is 6. The molecule has 2 rings (SSSR count). The van der Waals surface area contributed by atoms with Gasteiger partial charge in [-0.15, -0.1) is 0 Å². The van der Waals surface area contributed by atoms with Crippen LogP contribution in [0.3, 0.4) is 0 Å². The summed E-state index contributed by atoms with van der Waals surface area (Å²) in [6.45, 7) is 4.12. The normalized spacial score (nSPS) is 10.2. The molecule has 0 amide bonds. The molecule has 1 aromatic carbocycles. The van der Waals surface area contributed by atoms with Gasteiger partial charge in [0, 0.05) is 11.8 Å². The molecule has 0 radical (unpaired) electrons. The molecule has 0 aliphatic heterocycles. The van der Waals surface area contributed by atoms with E-state index in [1.165, 1.54) is 11.1 Å². The highest BCUT2D eigenvalue weighted by Gasteiger charge is 2.02. The van der Waals surface area contributed by atoms with Gasteiger partial charge in [0.05, 0.1) is 0 Å². The van der Waals surface area contributed by atoms with Crippen molar-refractivity contribution in [3.63, 3.8) is 0 Å². The molecule has 0 spiro atoms. The van der Waals surface area contributed by atoms with E-state index in [0.29, 0.717) is 11.6 Å². The van der Waals surface area contributed by atoms with Gasteiger partial charge in [-0.1, -0.05) is 6.07 Å². The number of nitrogens with one attached hydrogen (secondary N) is 2. The Morgan fingerprint density at radius 1 is 1.00 bits per heavy atom. The fraction of sp³-hybridized carbons (Fsp3) is 0.167. The number of aromatic nitrogens is 2. The zero-order valence-corrected chi connectivity index (χ0v) is 10.4. The zero-order chi connectivity index (χ0) is 13.1. The van der Waals surface area contributed by atoms with E-state index in [9.17, 15) is 0 Å². The molecule has 18 heavy (non-hydrogen) atoms. The molecule has 0 saturated carbocycles. The van der Waals surface area contributed by atoms with Crippen LogP contribution in [-0.2, 0) is 0 Å². The summed E-state index contributed by atoms with van der Waals surface area (Å²) in [6, 6.07) is 7.76. The average Bonchev–Trinajstić information content (AvgIpc) is 2.33. The number of hydrazine groups is 1. The Morgan fingerprint density at radius 3 is 2.39 bits per heavy atom. The standard InChI is InChI=1S/C12H16N6/c1-7-3-4-9(5-8(7)2)15-10-6-11(18-14)17-12(13)16-10/h3-6H,14H2,1-2H3,(H4,13,15,16,17,18). The fourth-order valence-corrected chi connectivity index (χ4v) is 1.57. The second-order valence-corrected chi connectivity index (χ2v) is 4.06. The molecule has 0 bridgehead atoms. The van der Waals surface area contributed by atoms with Crippen LogP contribution in [0.25, 0.3) is 0 Å². The van der Waals surface area contributed by atoms with Gasteiger partial charge in [0.1, 0.15) is 11.6 Å². The molecular formula is C12H16N6. The van der Waals surface area contributed by atoms with E-state index in [4.69, 9.17) is 11.6 Å². The summed E-state index contributed by atoms with van der Waals surface area (Å²) < 4.78 is 0. The van der Waals surface area contributed by atoms with Crippen LogP contribution in [0.5, 0.6) is 0 Å². The third-order valence-corrected chi connectivity index (χ3v) is 2.67. The average molecular weight is 244 g/mol. The van der Waals surface area contributed by atoms with Gasteiger partial charge < -0.3 is 16.5 Å². The van der Waals surface area contributed by atoms with Crippen molar-refractivity contribution in [2.45, 2.75) is 13.8 Å². The van der Waals surface area contributed by atoms with Gasteiger partial charge in [-0.05, 0) is 37.1 Å². The van der Waals surface area contributed by atoms with Gasteiger partial charge in [-0.2, -0.15) is 9.97 Å². The zero-order valence-electron chi connectivity index (χ0n) is 10.4. The number of nitrogens with two attached hydrogens (primary N) is 2. The third kappa shape index (κ3) is 2.67. The van der Waals surface area contributed by atoms with Gasteiger partial charge in [-0.25, -0.2) is 5.84 Å². The van der Waals surface area contributed by atoms with Gasteiger partial charge in [0.25, 0.3) is 0 Å². The van der Waals surface area contributed by atoms with Crippen molar-refractivity contribution in [2.24, 2.45) is 5.84 Å². The Balaban J connectivity index is 2.27. The van der Waals surface area contributed by atoms with E-state index in [0.717, 1.165) is 5.69 Å². The minimum Gasteiger partial charge on any atom is -0.368 e. The first-order valence-electron chi connectivity index (χ1n) is 5.54. The summed E-state index contributed by atoms with van der Waals surface area (Å²) in [6.07, 6.45) is 0. The van der Waals surface area contributed by atoms with Crippen molar-refractivity contribution < 1.29 is 0 Å². The maximum Gasteiger partial charge on any atom is 0.223 e. The summed E-state index contributed by atoms with van der Waals surface area (Å²) in [5.74, 6) is 6.53. The Kier molecular flexibility index (Phi) is 3.29. The van der Waals surface area contributed by atoms with Crippen LogP contribution < -0.4 is 22.3 Å². The number of anilines is 4. The Labute approximate surface area is 105 Å². The maximum absolute atomic E-state index is 5.58. The SMILES string of the molecule is Cc1ccc(Nc2cc(NN)nc(N)n2)cc1C. The molecule has 6 nitrogen and oxygen atoms in total. The van der Waals surface area contributed by atoms with Gasteiger partial charge in [0.15, 0.2) is 0 Å². The molecule has 0 atom stereocenters. The van der Waals surface area contributed by atoms with Crippen LogP contribution in [0, 0.1) is 13.8 Å². The van der Waals surface area contributed by atoms with Gasteiger partial charge in [-0.3, -0.25) is 0 Å². The number of nitrogen functional groups attached to an aromatic ring is 2. The predicted octanol–water partition coefficient (Wildman–Crippen LogP) is 1.70. The molecule has 1 aromatic heterocycles. The largest absolute Gasteiger partial charge is 0.368 e. The van der Waals surface area contributed by atoms with Crippen LogP contribution in [0.2, 0.25) is 0 Å². The van der Waals surface area contributed by atoms with Crippen molar-refractivity contribution in [1.82, 2.24) is 9.97 Å². The molecule has 2 aromatic rings. The first kappa shape index (κ1) is 12.1. The highest BCUT2D eigenvalue weighted by Crippen LogP contribution is 2.20. The number of rotatable bonds is 3. The van der Waals surface area contributed by atoms with Crippen molar-refractivity contribution in [3.05, 3.63) is 35.4 Å². The lowest BCUT2D eigenvalue weighted by Crippen LogP contribution is -2.11. The number of aryl methyl sites for hydroxylation is 2. The number of nitrogens with zero attached hydrogens (tertiary/aromatic N) is 2. The number of hydrogen-bond donors (Lipinski definition) is 4. The highest BCUT2D eigenvalue weighted by molar-refractivity contribution is 5.61. The van der Waals surface area contributed by atoms with Crippen LogP contribution in [-0.4, -0.2) is 9.97 Å². The van der Waals surface area contributed by atoms with E-state index in [1.807, 2.05) is 18.2 Å². The molecule has 0 aliphatic carbocycles. The lowest BCUT2D eigenvalue weighted by atomic mass is 10.1. The molecule has 6 heteroatoms. The van der Waals surface area contributed by atoms with E-state index in [-0.39, 0.29) is 5.95 Å². The molecule has 0 fully saturated rings. The Hall–Kier alpha value is -2.34. The van der Waals surface area contributed by atoms with Gasteiger partial charge >= 0.3 is 0 Å². The van der Waals surface area contributed by atoms with Crippen LogP contribution in [0.15, 0.2) is 24.3 Å². The van der Waals surface area contributed by atoms with Crippen molar-refractivity contribution >= 4 is 23.3 Å². The molecule has 0 saturated heterocycles. The summed E-state index contributed by atoms with van der Waals surface area (Å²) in [7, 11) is 0. The third-order valence-electron chi connectivity index (χ3n) is 2.67. The van der Waals surface area contributed by atoms with Crippen molar-refractivity contribution in [2.75, 3.05) is 16.5 Å². The van der Waals surface area contributed by atoms with E-state index in [2.05, 4.69) is 34.6 Å².